The predicted molar refractivity (Wildman–Crippen MR) is 71.4 cm³/mol. The molecule has 17 heavy (non-hydrogen) atoms. The number of hydrogen-bond acceptors (Lipinski definition) is 2. The van der Waals surface area contributed by atoms with Crippen LogP contribution in [0.3, 0.4) is 0 Å². The molecule has 1 aromatic rings. The lowest BCUT2D eigenvalue weighted by Gasteiger charge is -2.25. The fourth-order valence-electron chi connectivity index (χ4n) is 2.82. The Bertz CT molecular complexity index is 485. The van der Waals surface area contributed by atoms with Gasteiger partial charge < -0.3 is 9.47 Å². The van der Waals surface area contributed by atoms with E-state index in [2.05, 4.69) is 29.8 Å². The first kappa shape index (κ1) is 11.7. The van der Waals surface area contributed by atoms with Crippen molar-refractivity contribution in [3.8, 4) is 11.5 Å². The van der Waals surface area contributed by atoms with E-state index in [-0.39, 0.29) is 10.8 Å². The molecule has 1 aliphatic heterocycles. The highest BCUT2D eigenvalue weighted by Gasteiger charge is 2.41. The molecule has 2 nitrogen and oxygen atoms in total. The summed E-state index contributed by atoms with van der Waals surface area (Å²) in [5.74, 6) is 1.66. The Hall–Kier alpha value is -0.410. The molecule has 0 aromatic heterocycles. The van der Waals surface area contributed by atoms with Gasteiger partial charge in [-0.05, 0) is 23.5 Å². The van der Waals surface area contributed by atoms with Gasteiger partial charge in [-0.2, -0.15) is 0 Å². The number of alkyl halides is 1. The zero-order chi connectivity index (χ0) is 12.2. The Labute approximate surface area is 114 Å². The van der Waals surface area contributed by atoms with E-state index in [0.717, 1.165) is 28.0 Å². The van der Waals surface area contributed by atoms with E-state index in [0.29, 0.717) is 13.2 Å². The van der Waals surface area contributed by atoms with Crippen LogP contribution in [0.5, 0.6) is 11.5 Å². The Balaban J connectivity index is 2.28. The van der Waals surface area contributed by atoms with Crippen molar-refractivity contribution >= 4 is 27.5 Å². The SMILES string of the molecule is CC1(C)CC(Cl)c2c3c(cc(Br)c21)OCCO3. The van der Waals surface area contributed by atoms with Crippen molar-refractivity contribution in [1.29, 1.82) is 0 Å². The second kappa shape index (κ2) is 3.79. The van der Waals surface area contributed by atoms with E-state index < -0.39 is 0 Å². The van der Waals surface area contributed by atoms with E-state index in [1.54, 1.807) is 0 Å². The number of ether oxygens (including phenoxy) is 2. The normalized spacial score (nSPS) is 24.6. The molecule has 0 N–H and O–H groups in total. The molecule has 1 unspecified atom stereocenters. The number of hydrogen-bond donors (Lipinski definition) is 0. The van der Waals surface area contributed by atoms with Gasteiger partial charge >= 0.3 is 0 Å². The van der Waals surface area contributed by atoms with Crippen molar-refractivity contribution in [2.24, 2.45) is 0 Å². The first-order valence-electron chi connectivity index (χ1n) is 5.77. The summed E-state index contributed by atoms with van der Waals surface area (Å²) in [7, 11) is 0. The molecule has 0 amide bonds. The third kappa shape index (κ3) is 1.66. The molecule has 0 saturated carbocycles. The molecule has 92 valence electrons. The zero-order valence-electron chi connectivity index (χ0n) is 9.85. The monoisotopic (exact) mass is 316 g/mol. The van der Waals surface area contributed by atoms with Crippen LogP contribution in [-0.4, -0.2) is 13.2 Å². The Morgan fingerprint density at radius 3 is 2.82 bits per heavy atom. The Kier molecular flexibility index (Phi) is 2.60. The third-order valence-corrected chi connectivity index (χ3v) is 4.50. The molecule has 1 heterocycles. The number of halogens is 2. The highest BCUT2D eigenvalue weighted by atomic mass is 79.9. The average Bonchev–Trinajstić information content (AvgIpc) is 2.50. The lowest BCUT2D eigenvalue weighted by molar-refractivity contribution is 0.170. The minimum absolute atomic E-state index is 0.00736. The Morgan fingerprint density at radius 1 is 1.35 bits per heavy atom. The number of fused-ring (bicyclic) bond motifs is 3. The van der Waals surface area contributed by atoms with Gasteiger partial charge in [0.25, 0.3) is 0 Å². The second-order valence-corrected chi connectivity index (χ2v) is 6.61. The maximum absolute atomic E-state index is 6.48. The van der Waals surface area contributed by atoms with E-state index in [1.165, 1.54) is 5.56 Å². The van der Waals surface area contributed by atoms with Gasteiger partial charge in [-0.3, -0.25) is 0 Å². The van der Waals surface area contributed by atoms with Crippen molar-refractivity contribution in [3.63, 3.8) is 0 Å². The second-order valence-electron chi connectivity index (χ2n) is 5.23. The quantitative estimate of drug-likeness (QED) is 0.668. The van der Waals surface area contributed by atoms with Gasteiger partial charge in [0.2, 0.25) is 0 Å². The molecule has 0 fully saturated rings. The summed E-state index contributed by atoms with van der Waals surface area (Å²) < 4.78 is 12.5. The minimum atomic E-state index is 0.00736. The van der Waals surface area contributed by atoms with Gasteiger partial charge in [0.15, 0.2) is 11.5 Å². The van der Waals surface area contributed by atoms with Gasteiger partial charge in [-0.15, -0.1) is 11.6 Å². The molecule has 3 rings (SSSR count). The zero-order valence-corrected chi connectivity index (χ0v) is 12.2. The van der Waals surface area contributed by atoms with Crippen LogP contribution in [-0.2, 0) is 5.41 Å². The summed E-state index contributed by atoms with van der Waals surface area (Å²) in [6.07, 6.45) is 0.933. The van der Waals surface area contributed by atoms with Gasteiger partial charge in [0.05, 0.1) is 5.38 Å². The van der Waals surface area contributed by atoms with Crippen LogP contribution < -0.4 is 9.47 Å². The smallest absolute Gasteiger partial charge is 0.166 e. The van der Waals surface area contributed by atoms with Crippen LogP contribution in [0.4, 0.5) is 0 Å². The summed E-state index contributed by atoms with van der Waals surface area (Å²) in [6, 6.07) is 2.00. The van der Waals surface area contributed by atoms with Crippen LogP contribution in [0, 0.1) is 0 Å². The van der Waals surface area contributed by atoms with Gasteiger partial charge in [-0.25, -0.2) is 0 Å². The molecule has 0 spiro atoms. The predicted octanol–water partition coefficient (Wildman–Crippen LogP) is 4.18. The summed E-state index contributed by atoms with van der Waals surface area (Å²) >= 11 is 10.1. The third-order valence-electron chi connectivity index (χ3n) is 3.50. The minimum Gasteiger partial charge on any atom is -0.486 e. The number of benzene rings is 1. The first-order valence-corrected chi connectivity index (χ1v) is 7.00. The molecule has 0 radical (unpaired) electrons. The van der Waals surface area contributed by atoms with E-state index in [1.807, 2.05) is 6.07 Å². The Morgan fingerprint density at radius 2 is 2.06 bits per heavy atom. The summed E-state index contributed by atoms with van der Waals surface area (Å²) in [5, 5.41) is 0.00736. The van der Waals surface area contributed by atoms with Crippen molar-refractivity contribution < 1.29 is 9.47 Å². The summed E-state index contributed by atoms with van der Waals surface area (Å²) in [4.78, 5) is 0. The first-order chi connectivity index (χ1) is 8.00. The molecule has 1 aliphatic carbocycles. The van der Waals surface area contributed by atoms with Crippen molar-refractivity contribution in [2.75, 3.05) is 13.2 Å². The largest absolute Gasteiger partial charge is 0.486 e. The van der Waals surface area contributed by atoms with Crippen molar-refractivity contribution in [3.05, 3.63) is 21.7 Å². The summed E-state index contributed by atoms with van der Waals surface area (Å²) in [5.41, 5.74) is 2.46. The molecule has 0 saturated heterocycles. The highest BCUT2D eigenvalue weighted by molar-refractivity contribution is 9.10. The molecular formula is C13H14BrClO2. The summed E-state index contributed by atoms with van der Waals surface area (Å²) in [6.45, 7) is 5.64. The van der Waals surface area contributed by atoms with Crippen LogP contribution in [0.1, 0.15) is 36.8 Å². The molecule has 2 aliphatic rings. The molecule has 1 atom stereocenters. The molecule has 4 heteroatoms. The van der Waals surface area contributed by atoms with Crippen molar-refractivity contribution in [1.82, 2.24) is 0 Å². The highest BCUT2D eigenvalue weighted by Crippen LogP contribution is 2.56. The van der Waals surface area contributed by atoms with Crippen molar-refractivity contribution in [2.45, 2.75) is 31.1 Å². The lowest BCUT2D eigenvalue weighted by atomic mass is 9.86. The average molecular weight is 318 g/mol. The fourth-order valence-corrected chi connectivity index (χ4v) is 4.37. The fraction of sp³-hybridized carbons (Fsp3) is 0.538. The topological polar surface area (TPSA) is 18.5 Å². The maximum atomic E-state index is 6.48. The van der Waals surface area contributed by atoms with Gasteiger partial charge in [0, 0.05) is 10.0 Å². The van der Waals surface area contributed by atoms with Crippen LogP contribution in [0.2, 0.25) is 0 Å². The van der Waals surface area contributed by atoms with E-state index in [4.69, 9.17) is 21.1 Å². The van der Waals surface area contributed by atoms with Crippen LogP contribution in [0.15, 0.2) is 10.5 Å². The molecular weight excluding hydrogens is 303 g/mol. The molecule has 1 aromatic carbocycles. The van der Waals surface area contributed by atoms with Crippen LogP contribution in [0.25, 0.3) is 0 Å². The standard InChI is InChI=1S/C13H14BrClO2/c1-13(2)6-8(15)10-11(13)7(14)5-9-12(10)17-4-3-16-9/h5,8H,3-4,6H2,1-2H3. The maximum Gasteiger partial charge on any atom is 0.166 e. The van der Waals surface area contributed by atoms with E-state index in [9.17, 15) is 0 Å². The van der Waals surface area contributed by atoms with Gasteiger partial charge in [-0.1, -0.05) is 29.8 Å². The molecule has 0 bridgehead atoms. The van der Waals surface area contributed by atoms with E-state index >= 15 is 0 Å². The number of rotatable bonds is 0. The lowest BCUT2D eigenvalue weighted by Crippen LogP contribution is -2.18. The van der Waals surface area contributed by atoms with Gasteiger partial charge in [0.1, 0.15) is 13.2 Å². The van der Waals surface area contributed by atoms with Crippen LogP contribution >= 0.6 is 27.5 Å².